The Morgan fingerprint density at radius 1 is 1.16 bits per heavy atom. The Bertz CT molecular complexity index is 1380. The number of methoxy groups -OCH3 is 1. The maximum absolute atomic E-state index is 14.7. The van der Waals surface area contributed by atoms with Crippen LogP contribution < -0.4 is 9.46 Å². The SMILES string of the molecule is COc1cc2c(cn1)-c1cc(c(F)cc1F)NS(=O)(=O)c1cc(cc(Cl)c1O)C(=O)OC2. The number of carbonyl (C=O) groups is 1. The lowest BCUT2D eigenvalue weighted by Gasteiger charge is -2.14. The molecule has 0 atom stereocenters. The molecule has 1 aliphatic heterocycles. The van der Waals surface area contributed by atoms with Crippen LogP contribution in [0.25, 0.3) is 11.1 Å². The molecule has 3 aromatic rings. The summed E-state index contributed by atoms with van der Waals surface area (Å²) < 4.78 is 67.1. The molecule has 0 unspecified atom stereocenters. The minimum atomic E-state index is -4.65. The first-order valence-corrected chi connectivity index (χ1v) is 10.7. The summed E-state index contributed by atoms with van der Waals surface area (Å²) in [5.74, 6) is -3.90. The van der Waals surface area contributed by atoms with Gasteiger partial charge in [-0.1, -0.05) is 11.6 Å². The molecule has 1 aliphatic rings. The summed E-state index contributed by atoms with van der Waals surface area (Å²) in [5.41, 5.74) is -0.723. The Kier molecular flexibility index (Phi) is 5.39. The van der Waals surface area contributed by atoms with Crippen molar-refractivity contribution >= 4 is 33.3 Å². The maximum Gasteiger partial charge on any atom is 0.338 e. The largest absolute Gasteiger partial charge is 0.505 e. The van der Waals surface area contributed by atoms with E-state index >= 15 is 0 Å². The highest BCUT2D eigenvalue weighted by molar-refractivity contribution is 7.92. The number of halogens is 3. The molecule has 1 aromatic heterocycles. The van der Waals surface area contributed by atoms with E-state index in [-0.39, 0.29) is 34.7 Å². The van der Waals surface area contributed by atoms with E-state index in [4.69, 9.17) is 21.1 Å². The number of nitrogens with zero attached hydrogens (tertiary/aromatic N) is 1. The summed E-state index contributed by atoms with van der Waals surface area (Å²) in [6, 6.07) is 4.67. The normalized spacial score (nSPS) is 14.7. The van der Waals surface area contributed by atoms with Crippen LogP contribution in [0.15, 0.2) is 41.4 Å². The number of ether oxygens (including phenoxy) is 2. The van der Waals surface area contributed by atoms with Crippen molar-refractivity contribution in [2.45, 2.75) is 11.5 Å². The van der Waals surface area contributed by atoms with Gasteiger partial charge < -0.3 is 14.6 Å². The molecular weight excluding hydrogens is 470 g/mol. The Morgan fingerprint density at radius 3 is 2.62 bits per heavy atom. The molecule has 2 heterocycles. The van der Waals surface area contributed by atoms with Crippen molar-refractivity contribution < 1.29 is 36.6 Å². The smallest absolute Gasteiger partial charge is 0.338 e. The summed E-state index contributed by atoms with van der Waals surface area (Å²) in [5, 5.41) is 9.70. The van der Waals surface area contributed by atoms with E-state index in [0.29, 0.717) is 6.07 Å². The molecule has 32 heavy (non-hydrogen) atoms. The van der Waals surface area contributed by atoms with Crippen LogP contribution >= 0.6 is 11.6 Å². The minimum Gasteiger partial charge on any atom is -0.505 e. The molecular formula is C20H13ClF2N2O6S. The third-order valence-electron chi connectivity index (χ3n) is 4.68. The zero-order chi connectivity index (χ0) is 23.2. The molecule has 0 spiro atoms. The van der Waals surface area contributed by atoms with Gasteiger partial charge in [0, 0.05) is 35.0 Å². The van der Waals surface area contributed by atoms with Gasteiger partial charge in [-0.05, 0) is 18.2 Å². The second kappa shape index (κ2) is 7.92. The zero-order valence-corrected chi connectivity index (χ0v) is 17.7. The number of fused-ring (bicyclic) bond motifs is 6. The van der Waals surface area contributed by atoms with Crippen molar-refractivity contribution in [2.24, 2.45) is 0 Å². The Hall–Kier alpha value is -3.44. The number of nitrogens with one attached hydrogen (secondary N) is 1. The highest BCUT2D eigenvalue weighted by atomic mass is 35.5. The first-order valence-electron chi connectivity index (χ1n) is 8.85. The Morgan fingerprint density at radius 2 is 1.91 bits per heavy atom. The molecule has 0 fully saturated rings. The van der Waals surface area contributed by atoms with E-state index in [2.05, 4.69) is 4.98 Å². The number of aromatic hydroxyl groups is 1. The predicted molar refractivity (Wildman–Crippen MR) is 109 cm³/mol. The molecule has 0 saturated carbocycles. The quantitative estimate of drug-likeness (QED) is 0.506. The lowest BCUT2D eigenvalue weighted by Crippen LogP contribution is -2.15. The number of cyclic esters (lactones) is 1. The minimum absolute atomic E-state index is 0.114. The van der Waals surface area contributed by atoms with Gasteiger partial charge in [0.25, 0.3) is 10.0 Å². The third-order valence-corrected chi connectivity index (χ3v) is 6.34. The van der Waals surface area contributed by atoms with Gasteiger partial charge in [0.05, 0.1) is 23.4 Å². The van der Waals surface area contributed by atoms with Crippen LogP contribution in [0.2, 0.25) is 5.02 Å². The van der Waals surface area contributed by atoms with Gasteiger partial charge in [-0.2, -0.15) is 0 Å². The van der Waals surface area contributed by atoms with Crippen LogP contribution in [-0.2, 0) is 21.4 Å². The fraction of sp³-hybridized carbons (Fsp3) is 0.100. The third kappa shape index (κ3) is 3.80. The van der Waals surface area contributed by atoms with Gasteiger partial charge in [-0.3, -0.25) is 4.72 Å². The van der Waals surface area contributed by atoms with Crippen molar-refractivity contribution in [1.29, 1.82) is 0 Å². The molecule has 4 rings (SSSR count). The zero-order valence-electron chi connectivity index (χ0n) is 16.1. The number of carbonyl (C=O) groups excluding carboxylic acids is 1. The number of benzene rings is 2. The Balaban J connectivity index is 2.01. The van der Waals surface area contributed by atoms with Crippen molar-refractivity contribution in [3.05, 3.63) is 64.3 Å². The maximum atomic E-state index is 14.7. The van der Waals surface area contributed by atoms with Crippen molar-refractivity contribution in [3.8, 4) is 22.8 Å². The summed E-state index contributed by atoms with van der Waals surface area (Å²) >= 11 is 5.89. The van der Waals surface area contributed by atoms with E-state index in [1.165, 1.54) is 19.4 Å². The lowest BCUT2D eigenvalue weighted by atomic mass is 10.0. The van der Waals surface area contributed by atoms with Crippen molar-refractivity contribution in [2.75, 3.05) is 11.8 Å². The Labute approximate surface area is 185 Å². The van der Waals surface area contributed by atoms with Crippen molar-refractivity contribution in [1.82, 2.24) is 4.98 Å². The average molecular weight is 483 g/mol. The molecule has 12 heteroatoms. The van der Waals surface area contributed by atoms with Crippen molar-refractivity contribution in [3.63, 3.8) is 0 Å². The number of hydrogen-bond acceptors (Lipinski definition) is 7. The number of hydrogen-bond donors (Lipinski definition) is 2. The van der Waals surface area contributed by atoms with Crippen LogP contribution in [0, 0.1) is 11.6 Å². The molecule has 0 aliphatic carbocycles. The van der Waals surface area contributed by atoms with Gasteiger partial charge in [-0.25, -0.2) is 27.0 Å². The standard InChI is InChI=1S/C20H13ClF2N2O6S/c1-30-18-4-10-8-31-20(27)9-2-13(21)19(26)17(3-9)32(28,29)25-16-5-11(12(10)7-24-18)14(22)6-15(16)23/h2-7,25-26H,8H2,1H3. The van der Waals surface area contributed by atoms with Gasteiger partial charge in [-0.15, -0.1) is 0 Å². The van der Waals surface area contributed by atoms with Crippen LogP contribution in [0.5, 0.6) is 11.6 Å². The summed E-state index contributed by atoms with van der Waals surface area (Å²) in [6.45, 7) is -0.382. The molecule has 2 N–H and O–H groups in total. The number of pyridine rings is 1. The monoisotopic (exact) mass is 482 g/mol. The number of sulfonamides is 1. The van der Waals surface area contributed by atoms with Crippen LogP contribution in [0.3, 0.4) is 0 Å². The van der Waals surface area contributed by atoms with E-state index in [0.717, 1.165) is 18.2 Å². The summed E-state index contributed by atoms with van der Waals surface area (Å²) in [4.78, 5) is 15.8. The molecule has 4 bridgehead atoms. The fourth-order valence-corrected chi connectivity index (χ4v) is 4.58. The topological polar surface area (TPSA) is 115 Å². The molecule has 166 valence electrons. The molecule has 8 nitrogen and oxygen atoms in total. The fourth-order valence-electron chi connectivity index (χ4n) is 3.11. The second-order valence-electron chi connectivity index (χ2n) is 6.68. The first-order chi connectivity index (χ1) is 15.1. The molecule has 2 aromatic carbocycles. The van der Waals surface area contributed by atoms with E-state index < -0.39 is 49.0 Å². The highest BCUT2D eigenvalue weighted by Gasteiger charge is 2.27. The predicted octanol–water partition coefficient (Wildman–Crippen LogP) is 3.87. The number of anilines is 1. The summed E-state index contributed by atoms with van der Waals surface area (Å²) in [7, 11) is -3.30. The van der Waals surface area contributed by atoms with Gasteiger partial charge in [0.15, 0.2) is 5.75 Å². The van der Waals surface area contributed by atoms with Gasteiger partial charge >= 0.3 is 5.97 Å². The average Bonchev–Trinajstić information content (AvgIpc) is 2.75. The second-order valence-corrected chi connectivity index (χ2v) is 8.74. The molecule has 0 radical (unpaired) electrons. The summed E-state index contributed by atoms with van der Waals surface area (Å²) in [6.07, 6.45) is 1.22. The van der Waals surface area contributed by atoms with Crippen LogP contribution in [0.4, 0.5) is 14.5 Å². The highest BCUT2D eigenvalue weighted by Crippen LogP contribution is 2.37. The number of phenolic OH excluding ortho intramolecular Hbond substituents is 1. The van der Waals surface area contributed by atoms with Crippen LogP contribution in [0.1, 0.15) is 15.9 Å². The number of esters is 1. The van der Waals surface area contributed by atoms with Gasteiger partial charge in [0.2, 0.25) is 5.88 Å². The van der Waals surface area contributed by atoms with E-state index in [1.807, 2.05) is 4.72 Å². The number of phenols is 1. The van der Waals surface area contributed by atoms with E-state index in [1.54, 1.807) is 0 Å². The van der Waals surface area contributed by atoms with E-state index in [9.17, 15) is 27.1 Å². The number of rotatable bonds is 1. The lowest BCUT2D eigenvalue weighted by molar-refractivity contribution is 0.0472. The number of aromatic nitrogens is 1. The molecule has 0 amide bonds. The molecule has 0 saturated heterocycles. The van der Waals surface area contributed by atoms with Crippen LogP contribution in [-0.4, -0.2) is 31.6 Å². The first kappa shape index (κ1) is 21.8. The van der Waals surface area contributed by atoms with Gasteiger partial charge in [0.1, 0.15) is 23.1 Å².